The Morgan fingerprint density at radius 2 is 1.94 bits per heavy atom. The van der Waals surface area contributed by atoms with Crippen molar-refractivity contribution in [3.8, 4) is 0 Å². The Hall–Kier alpha value is -0.380. The number of hydrogen-bond acceptors (Lipinski definition) is 3. The molecule has 0 bridgehead atoms. The average Bonchev–Trinajstić information content (AvgIpc) is 2.85. The van der Waals surface area contributed by atoms with E-state index >= 15 is 0 Å². The lowest BCUT2D eigenvalue weighted by molar-refractivity contribution is 0.245. The van der Waals surface area contributed by atoms with E-state index in [9.17, 15) is 0 Å². The summed E-state index contributed by atoms with van der Waals surface area (Å²) in [6.45, 7) is 7.18. The van der Waals surface area contributed by atoms with Crippen LogP contribution in [-0.2, 0) is 0 Å². The van der Waals surface area contributed by atoms with Gasteiger partial charge in [0.15, 0.2) is 0 Å². The van der Waals surface area contributed by atoms with Crippen molar-refractivity contribution < 1.29 is 0 Å². The summed E-state index contributed by atoms with van der Waals surface area (Å²) in [5, 5.41) is 5.80. The summed E-state index contributed by atoms with van der Waals surface area (Å²) in [5.41, 5.74) is 0. The fourth-order valence-electron chi connectivity index (χ4n) is 2.61. The summed E-state index contributed by atoms with van der Waals surface area (Å²) in [4.78, 5) is 4.08. The van der Waals surface area contributed by atoms with Crippen molar-refractivity contribution in [2.45, 2.75) is 45.1 Å². The molecule has 1 fully saturated rings. The monoisotopic (exact) mass is 266 g/mol. The highest BCUT2D eigenvalue weighted by molar-refractivity contribution is 7.10. The van der Waals surface area contributed by atoms with Crippen LogP contribution in [0.15, 0.2) is 17.5 Å². The molecule has 1 aromatic rings. The highest BCUT2D eigenvalue weighted by atomic mass is 32.1. The van der Waals surface area contributed by atoms with Crippen LogP contribution in [0.2, 0.25) is 0 Å². The third-order valence-corrected chi connectivity index (χ3v) is 4.85. The second kappa shape index (κ2) is 7.93. The molecule has 1 aliphatic heterocycles. The van der Waals surface area contributed by atoms with Gasteiger partial charge in [-0.3, -0.25) is 0 Å². The Morgan fingerprint density at radius 3 is 2.61 bits per heavy atom. The Labute approximate surface area is 115 Å². The molecule has 0 amide bonds. The van der Waals surface area contributed by atoms with Gasteiger partial charge >= 0.3 is 0 Å². The maximum Gasteiger partial charge on any atom is 0.0386 e. The fraction of sp³-hybridized carbons (Fsp3) is 0.733. The van der Waals surface area contributed by atoms with Crippen LogP contribution in [0.1, 0.15) is 49.9 Å². The summed E-state index contributed by atoms with van der Waals surface area (Å²) < 4.78 is 0. The first-order chi connectivity index (χ1) is 8.86. The number of thiophene rings is 1. The van der Waals surface area contributed by atoms with Crippen LogP contribution >= 0.6 is 11.3 Å². The van der Waals surface area contributed by atoms with Crippen LogP contribution in [0.5, 0.6) is 0 Å². The van der Waals surface area contributed by atoms with Gasteiger partial charge in [-0.15, -0.1) is 11.3 Å². The normalized spacial score (nSPS) is 20.3. The minimum Gasteiger partial charge on any atom is -0.308 e. The molecule has 1 atom stereocenters. The lowest BCUT2D eigenvalue weighted by Crippen LogP contribution is -2.35. The van der Waals surface area contributed by atoms with E-state index in [4.69, 9.17) is 0 Å². The molecule has 1 N–H and O–H groups in total. The predicted octanol–water partition coefficient (Wildman–Crippen LogP) is 3.66. The number of nitrogens with zero attached hydrogens (tertiary/aromatic N) is 1. The molecular formula is C15H26N2S. The largest absolute Gasteiger partial charge is 0.308 e. The Kier molecular flexibility index (Phi) is 6.18. The standard InChI is InChI=1S/C15H26N2S/c1-14(15-8-7-13-18-15)16-9-12-17-10-5-3-2-4-6-11-17/h7-8,13-14,16H,2-6,9-12H2,1H3. The SMILES string of the molecule is CC(NCCN1CCCCCCC1)c1cccs1. The van der Waals surface area contributed by atoms with Gasteiger partial charge in [0, 0.05) is 24.0 Å². The van der Waals surface area contributed by atoms with Crippen molar-refractivity contribution in [1.29, 1.82) is 0 Å². The molecule has 0 spiro atoms. The van der Waals surface area contributed by atoms with Gasteiger partial charge in [0.05, 0.1) is 0 Å². The van der Waals surface area contributed by atoms with Crippen molar-refractivity contribution in [1.82, 2.24) is 10.2 Å². The topological polar surface area (TPSA) is 15.3 Å². The van der Waals surface area contributed by atoms with E-state index < -0.39 is 0 Å². The summed E-state index contributed by atoms with van der Waals surface area (Å²) in [7, 11) is 0. The number of hydrogen-bond donors (Lipinski definition) is 1. The maximum absolute atomic E-state index is 3.64. The summed E-state index contributed by atoms with van der Waals surface area (Å²) in [6, 6.07) is 4.86. The van der Waals surface area contributed by atoms with Gasteiger partial charge in [0.1, 0.15) is 0 Å². The molecule has 1 unspecified atom stereocenters. The first-order valence-corrected chi connectivity index (χ1v) is 8.23. The average molecular weight is 266 g/mol. The van der Waals surface area contributed by atoms with Crippen LogP contribution < -0.4 is 5.32 Å². The van der Waals surface area contributed by atoms with Gasteiger partial charge in [0.2, 0.25) is 0 Å². The minimum absolute atomic E-state index is 0.500. The molecule has 2 rings (SSSR count). The number of rotatable bonds is 5. The van der Waals surface area contributed by atoms with Crippen LogP contribution in [0.4, 0.5) is 0 Å². The van der Waals surface area contributed by atoms with Gasteiger partial charge in [-0.2, -0.15) is 0 Å². The highest BCUT2D eigenvalue weighted by Crippen LogP contribution is 2.17. The molecule has 0 aliphatic carbocycles. The molecular weight excluding hydrogens is 240 g/mol. The summed E-state index contributed by atoms with van der Waals surface area (Å²) >= 11 is 1.85. The second-order valence-electron chi connectivity index (χ2n) is 5.30. The van der Waals surface area contributed by atoms with E-state index in [-0.39, 0.29) is 0 Å². The maximum atomic E-state index is 3.64. The van der Waals surface area contributed by atoms with E-state index in [0.717, 1.165) is 6.54 Å². The lowest BCUT2D eigenvalue weighted by atomic mass is 10.1. The minimum atomic E-state index is 0.500. The zero-order valence-corrected chi connectivity index (χ0v) is 12.3. The molecule has 0 radical (unpaired) electrons. The van der Waals surface area contributed by atoms with E-state index in [1.807, 2.05) is 11.3 Å². The molecule has 0 saturated carbocycles. The molecule has 0 aromatic carbocycles. The third kappa shape index (κ3) is 4.71. The van der Waals surface area contributed by atoms with Gasteiger partial charge in [-0.05, 0) is 44.3 Å². The quantitative estimate of drug-likeness (QED) is 0.875. The van der Waals surface area contributed by atoms with E-state index in [0.29, 0.717) is 6.04 Å². The lowest BCUT2D eigenvalue weighted by Gasteiger charge is -2.25. The molecule has 1 saturated heterocycles. The third-order valence-electron chi connectivity index (χ3n) is 3.80. The van der Waals surface area contributed by atoms with Crippen molar-refractivity contribution in [2.75, 3.05) is 26.2 Å². The number of nitrogens with one attached hydrogen (secondary N) is 1. The zero-order valence-electron chi connectivity index (χ0n) is 11.5. The first-order valence-electron chi connectivity index (χ1n) is 7.35. The van der Waals surface area contributed by atoms with Gasteiger partial charge in [0.25, 0.3) is 0 Å². The van der Waals surface area contributed by atoms with Gasteiger partial charge < -0.3 is 10.2 Å². The Morgan fingerprint density at radius 1 is 1.22 bits per heavy atom. The van der Waals surface area contributed by atoms with Crippen molar-refractivity contribution in [2.24, 2.45) is 0 Å². The summed E-state index contributed by atoms with van der Waals surface area (Å²) in [6.07, 6.45) is 7.08. The molecule has 2 heterocycles. The highest BCUT2D eigenvalue weighted by Gasteiger charge is 2.09. The summed E-state index contributed by atoms with van der Waals surface area (Å²) in [5.74, 6) is 0. The molecule has 102 valence electrons. The molecule has 18 heavy (non-hydrogen) atoms. The predicted molar refractivity (Wildman–Crippen MR) is 80.3 cm³/mol. The Bertz CT molecular complexity index is 302. The van der Waals surface area contributed by atoms with Crippen LogP contribution in [-0.4, -0.2) is 31.1 Å². The van der Waals surface area contributed by atoms with E-state index in [1.165, 1.54) is 56.6 Å². The fourth-order valence-corrected chi connectivity index (χ4v) is 3.37. The van der Waals surface area contributed by atoms with Crippen LogP contribution in [0.3, 0.4) is 0 Å². The van der Waals surface area contributed by atoms with Crippen LogP contribution in [0, 0.1) is 0 Å². The smallest absolute Gasteiger partial charge is 0.0386 e. The molecule has 1 aromatic heterocycles. The second-order valence-corrected chi connectivity index (χ2v) is 6.28. The molecule has 2 nitrogen and oxygen atoms in total. The number of likely N-dealkylation sites (tertiary alicyclic amines) is 1. The molecule has 1 aliphatic rings. The van der Waals surface area contributed by atoms with Gasteiger partial charge in [-0.25, -0.2) is 0 Å². The first kappa shape index (κ1) is 14.0. The van der Waals surface area contributed by atoms with Crippen LogP contribution in [0.25, 0.3) is 0 Å². The van der Waals surface area contributed by atoms with Crippen molar-refractivity contribution in [3.05, 3.63) is 22.4 Å². The van der Waals surface area contributed by atoms with Gasteiger partial charge in [-0.1, -0.05) is 25.3 Å². The Balaban J connectivity index is 1.64. The van der Waals surface area contributed by atoms with Crippen molar-refractivity contribution in [3.63, 3.8) is 0 Å². The zero-order chi connectivity index (χ0) is 12.6. The van der Waals surface area contributed by atoms with E-state index in [2.05, 4.69) is 34.7 Å². The van der Waals surface area contributed by atoms with E-state index in [1.54, 1.807) is 0 Å². The molecule has 3 heteroatoms. The van der Waals surface area contributed by atoms with Crippen molar-refractivity contribution >= 4 is 11.3 Å².